The Morgan fingerprint density at radius 3 is 2.68 bits per heavy atom. The zero-order chi connectivity index (χ0) is 13.1. The zero-order valence-electron chi connectivity index (χ0n) is 9.91. The number of hydrogen-bond acceptors (Lipinski definition) is 7. The molecule has 0 radical (unpaired) electrons. The number of aromatic amines is 1. The number of aliphatic hydroxyl groups excluding tert-OH is 1. The van der Waals surface area contributed by atoms with Crippen molar-refractivity contribution < 1.29 is 5.11 Å². The fourth-order valence-electron chi connectivity index (χ4n) is 1.63. The molecule has 3 heterocycles. The molecule has 3 rings (SSSR count). The van der Waals surface area contributed by atoms with E-state index in [9.17, 15) is 0 Å². The molecule has 3 aromatic heterocycles. The largest absolute Gasteiger partial charge is 0.390 e. The first-order valence-corrected chi connectivity index (χ1v) is 5.65. The number of fused-ring (bicyclic) bond motifs is 1. The Kier molecular flexibility index (Phi) is 2.99. The van der Waals surface area contributed by atoms with Gasteiger partial charge in [0.05, 0.1) is 48.5 Å². The topological polar surface area (TPSA) is 112 Å². The summed E-state index contributed by atoms with van der Waals surface area (Å²) in [4.78, 5) is 16.5. The molecule has 0 unspecified atom stereocenters. The molecule has 0 saturated heterocycles. The van der Waals surface area contributed by atoms with Gasteiger partial charge in [0, 0.05) is 0 Å². The minimum atomic E-state index is -0.109. The van der Waals surface area contributed by atoms with Crippen molar-refractivity contribution in [2.45, 2.75) is 13.2 Å². The van der Waals surface area contributed by atoms with Crippen LogP contribution in [-0.4, -0.2) is 35.2 Å². The van der Waals surface area contributed by atoms with Gasteiger partial charge in [-0.05, 0) is 0 Å². The molecule has 8 heteroatoms. The molecule has 96 valence electrons. The maximum absolute atomic E-state index is 8.89. The summed E-state index contributed by atoms with van der Waals surface area (Å²) in [7, 11) is 0. The van der Waals surface area contributed by atoms with Crippen LogP contribution in [0.5, 0.6) is 0 Å². The molecule has 0 atom stereocenters. The first-order valence-electron chi connectivity index (χ1n) is 5.65. The van der Waals surface area contributed by atoms with E-state index in [1.54, 1.807) is 18.6 Å². The molecule has 3 N–H and O–H groups in total. The van der Waals surface area contributed by atoms with Gasteiger partial charge in [-0.25, -0.2) is 9.97 Å². The van der Waals surface area contributed by atoms with Crippen molar-refractivity contribution >= 4 is 16.9 Å². The predicted molar refractivity (Wildman–Crippen MR) is 67.0 cm³/mol. The van der Waals surface area contributed by atoms with Crippen LogP contribution >= 0.6 is 0 Å². The number of aliphatic hydroxyl groups is 1. The molecule has 0 bridgehead atoms. The zero-order valence-corrected chi connectivity index (χ0v) is 9.91. The van der Waals surface area contributed by atoms with Gasteiger partial charge in [-0.1, -0.05) is 0 Å². The van der Waals surface area contributed by atoms with Crippen LogP contribution in [0.2, 0.25) is 0 Å². The minimum absolute atomic E-state index is 0.109. The number of nitrogens with one attached hydrogen (secondary N) is 2. The maximum atomic E-state index is 8.89. The van der Waals surface area contributed by atoms with Crippen molar-refractivity contribution in [1.29, 1.82) is 0 Å². The Balaban J connectivity index is 1.76. The van der Waals surface area contributed by atoms with Crippen molar-refractivity contribution in [2.75, 3.05) is 5.32 Å². The molecule has 0 aliphatic rings. The number of nitrogens with zero attached hydrogens (tertiary/aromatic N) is 5. The highest BCUT2D eigenvalue weighted by Crippen LogP contribution is 2.16. The van der Waals surface area contributed by atoms with Crippen LogP contribution in [0.25, 0.3) is 11.0 Å². The van der Waals surface area contributed by atoms with Gasteiger partial charge < -0.3 is 10.4 Å². The quantitative estimate of drug-likeness (QED) is 0.614. The van der Waals surface area contributed by atoms with E-state index in [-0.39, 0.29) is 6.61 Å². The van der Waals surface area contributed by atoms with Crippen LogP contribution in [0.15, 0.2) is 24.9 Å². The first-order chi connectivity index (χ1) is 9.36. The van der Waals surface area contributed by atoms with E-state index in [0.29, 0.717) is 23.7 Å². The Morgan fingerprint density at radius 2 is 1.89 bits per heavy atom. The predicted octanol–water partition coefficient (Wildman–Crippen LogP) is 0.247. The first kappa shape index (κ1) is 11.5. The second-order valence-electron chi connectivity index (χ2n) is 3.87. The summed E-state index contributed by atoms with van der Waals surface area (Å²) < 4.78 is 0. The fraction of sp³-hybridized carbons (Fsp3) is 0.182. The molecule has 0 saturated carbocycles. The molecule has 3 aromatic rings. The van der Waals surface area contributed by atoms with Gasteiger partial charge in [0.15, 0.2) is 5.65 Å². The normalized spacial score (nSPS) is 10.8. The summed E-state index contributed by atoms with van der Waals surface area (Å²) in [6.07, 6.45) is 6.29. The number of aromatic nitrogens is 6. The highest BCUT2D eigenvalue weighted by atomic mass is 16.3. The second kappa shape index (κ2) is 4.94. The van der Waals surface area contributed by atoms with Gasteiger partial charge >= 0.3 is 0 Å². The highest BCUT2D eigenvalue weighted by molar-refractivity contribution is 5.85. The van der Waals surface area contributed by atoms with Crippen molar-refractivity contribution in [3.8, 4) is 0 Å². The third-order valence-corrected chi connectivity index (χ3v) is 2.61. The third-order valence-electron chi connectivity index (χ3n) is 2.61. The Hall–Kier alpha value is -2.61. The molecule has 0 spiro atoms. The van der Waals surface area contributed by atoms with Crippen LogP contribution < -0.4 is 5.32 Å². The lowest BCUT2D eigenvalue weighted by Crippen LogP contribution is -2.05. The maximum Gasteiger partial charge on any atom is 0.160 e. The average molecular weight is 257 g/mol. The van der Waals surface area contributed by atoms with Crippen LogP contribution in [0.4, 0.5) is 5.82 Å². The second-order valence-corrected chi connectivity index (χ2v) is 3.87. The summed E-state index contributed by atoms with van der Waals surface area (Å²) in [6, 6.07) is 0. The van der Waals surface area contributed by atoms with Gasteiger partial charge in [0.1, 0.15) is 12.1 Å². The van der Waals surface area contributed by atoms with Crippen molar-refractivity contribution in [2.24, 2.45) is 0 Å². The van der Waals surface area contributed by atoms with E-state index in [2.05, 4.69) is 35.5 Å². The molecule has 0 aliphatic heterocycles. The number of hydrogen-bond donors (Lipinski definition) is 3. The number of H-pyrrole nitrogens is 1. The van der Waals surface area contributed by atoms with E-state index < -0.39 is 0 Å². The molecule has 19 heavy (non-hydrogen) atoms. The molecule has 0 aromatic carbocycles. The van der Waals surface area contributed by atoms with E-state index in [1.807, 2.05) is 0 Å². The van der Waals surface area contributed by atoms with Crippen molar-refractivity contribution in [3.05, 3.63) is 36.3 Å². The van der Waals surface area contributed by atoms with Crippen LogP contribution in [0.3, 0.4) is 0 Å². The van der Waals surface area contributed by atoms with Crippen molar-refractivity contribution in [3.63, 3.8) is 0 Å². The molecular weight excluding hydrogens is 246 g/mol. The standard InChI is InChI=1S/C11H11N7O/c19-5-8-3-12-7(1-13-8)2-14-10-9-4-17-18-11(9)16-6-15-10/h1,3-4,6,19H,2,5H2,(H2,14,15,16,17,18). The van der Waals surface area contributed by atoms with E-state index in [0.717, 1.165) is 11.1 Å². The lowest BCUT2D eigenvalue weighted by Gasteiger charge is -2.05. The summed E-state index contributed by atoms with van der Waals surface area (Å²) in [5.41, 5.74) is 1.98. The smallest absolute Gasteiger partial charge is 0.160 e. The number of anilines is 1. The van der Waals surface area contributed by atoms with Gasteiger partial charge in [-0.3, -0.25) is 15.1 Å². The third kappa shape index (κ3) is 2.33. The van der Waals surface area contributed by atoms with Gasteiger partial charge in [0.25, 0.3) is 0 Å². The molecular formula is C11H11N7O. The number of rotatable bonds is 4. The van der Waals surface area contributed by atoms with Crippen LogP contribution in [0, 0.1) is 0 Å². The van der Waals surface area contributed by atoms with Gasteiger partial charge in [-0.2, -0.15) is 5.10 Å². The SMILES string of the molecule is OCc1cnc(CNc2ncnc3[nH]ncc23)cn1. The monoisotopic (exact) mass is 257 g/mol. The summed E-state index contributed by atoms with van der Waals surface area (Å²) >= 11 is 0. The molecule has 0 aliphatic carbocycles. The minimum Gasteiger partial charge on any atom is -0.390 e. The Labute approximate surface area is 108 Å². The van der Waals surface area contributed by atoms with Crippen LogP contribution in [-0.2, 0) is 13.2 Å². The highest BCUT2D eigenvalue weighted by Gasteiger charge is 2.05. The van der Waals surface area contributed by atoms with E-state index >= 15 is 0 Å². The Morgan fingerprint density at radius 1 is 1.05 bits per heavy atom. The summed E-state index contributed by atoms with van der Waals surface area (Å²) in [5, 5.41) is 19.6. The molecule has 8 nitrogen and oxygen atoms in total. The fourth-order valence-corrected chi connectivity index (χ4v) is 1.63. The van der Waals surface area contributed by atoms with E-state index in [1.165, 1.54) is 6.33 Å². The van der Waals surface area contributed by atoms with Gasteiger partial charge in [0.2, 0.25) is 0 Å². The van der Waals surface area contributed by atoms with E-state index in [4.69, 9.17) is 5.11 Å². The lowest BCUT2D eigenvalue weighted by atomic mass is 10.3. The van der Waals surface area contributed by atoms with Crippen LogP contribution in [0.1, 0.15) is 11.4 Å². The average Bonchev–Trinajstić information content (AvgIpc) is 2.94. The molecule has 0 fully saturated rings. The summed E-state index contributed by atoms with van der Waals surface area (Å²) in [5.74, 6) is 0.687. The lowest BCUT2D eigenvalue weighted by molar-refractivity contribution is 0.276. The Bertz CT molecular complexity index is 679. The summed E-state index contributed by atoms with van der Waals surface area (Å²) in [6.45, 7) is 0.373. The molecule has 0 amide bonds. The van der Waals surface area contributed by atoms with Gasteiger partial charge in [-0.15, -0.1) is 0 Å². The van der Waals surface area contributed by atoms with Crippen molar-refractivity contribution in [1.82, 2.24) is 30.1 Å².